The minimum Gasteiger partial charge on any atom is -0.503 e. The Hall–Kier alpha value is -3.67. The standard InChI is InChI=1S/C31H31N3O5S3/c1-4-38-23-17-21(12-13-22(23)39-15-14-19(2)3)26-25(27(35)24-11-8-16-40-24)28(36)29(37)34(26)30-32-33-31(42-30)41-18-20-9-6-5-7-10-20/h5-13,16-17,19,26,36H,4,14-15,18H2,1-3H3. The van der Waals surface area contributed by atoms with Crippen LogP contribution in [-0.4, -0.2) is 40.2 Å². The summed E-state index contributed by atoms with van der Waals surface area (Å²) >= 11 is 4.00. The van der Waals surface area contributed by atoms with Gasteiger partial charge in [-0.05, 0) is 54.0 Å². The lowest BCUT2D eigenvalue weighted by Crippen LogP contribution is -2.31. The van der Waals surface area contributed by atoms with Crippen LogP contribution >= 0.6 is 34.4 Å². The molecule has 0 radical (unpaired) electrons. The molecular formula is C31H31N3O5S3. The summed E-state index contributed by atoms with van der Waals surface area (Å²) in [4.78, 5) is 29.1. The molecule has 1 aliphatic heterocycles. The summed E-state index contributed by atoms with van der Waals surface area (Å²) in [5.41, 5.74) is 1.71. The molecule has 0 fully saturated rings. The van der Waals surface area contributed by atoms with Gasteiger partial charge < -0.3 is 14.6 Å². The number of aliphatic hydroxyl groups is 1. The maximum Gasteiger partial charge on any atom is 0.296 e. The quantitative estimate of drug-likeness (QED) is 0.0931. The number of carbonyl (C=O) groups is 2. The van der Waals surface area contributed by atoms with Crippen LogP contribution in [0.3, 0.4) is 0 Å². The molecule has 42 heavy (non-hydrogen) atoms. The summed E-state index contributed by atoms with van der Waals surface area (Å²) in [7, 11) is 0. The molecule has 0 saturated heterocycles. The topological polar surface area (TPSA) is 102 Å². The van der Waals surface area contributed by atoms with Gasteiger partial charge in [-0.15, -0.1) is 21.5 Å². The molecule has 5 rings (SSSR count). The third-order valence-electron chi connectivity index (χ3n) is 6.54. The molecule has 0 bridgehead atoms. The molecule has 3 heterocycles. The predicted molar refractivity (Wildman–Crippen MR) is 167 cm³/mol. The zero-order valence-corrected chi connectivity index (χ0v) is 25.9. The van der Waals surface area contributed by atoms with Crippen LogP contribution in [-0.2, 0) is 10.5 Å². The molecule has 2 aromatic carbocycles. The van der Waals surface area contributed by atoms with E-state index >= 15 is 0 Å². The number of amides is 1. The van der Waals surface area contributed by atoms with Gasteiger partial charge in [-0.3, -0.25) is 14.5 Å². The first-order valence-corrected chi connectivity index (χ1v) is 16.3. The molecular weight excluding hydrogens is 591 g/mol. The van der Waals surface area contributed by atoms with Crippen LogP contribution in [0.5, 0.6) is 11.5 Å². The zero-order chi connectivity index (χ0) is 29.6. The van der Waals surface area contributed by atoms with E-state index in [-0.39, 0.29) is 10.7 Å². The van der Waals surface area contributed by atoms with Gasteiger partial charge in [-0.25, -0.2) is 0 Å². The lowest BCUT2D eigenvalue weighted by Gasteiger charge is -2.25. The Morgan fingerprint density at radius 2 is 1.88 bits per heavy atom. The number of aromatic nitrogens is 2. The second-order valence-corrected chi connectivity index (χ2v) is 13.1. The molecule has 4 aromatic rings. The number of ether oxygens (including phenoxy) is 2. The highest BCUT2D eigenvalue weighted by Gasteiger charge is 2.46. The summed E-state index contributed by atoms with van der Waals surface area (Å²) in [5.74, 6) is 0.535. The minimum absolute atomic E-state index is 0.00735. The average molecular weight is 622 g/mol. The predicted octanol–water partition coefficient (Wildman–Crippen LogP) is 7.50. The van der Waals surface area contributed by atoms with E-state index in [1.165, 1.54) is 39.3 Å². The molecule has 1 N–H and O–H groups in total. The van der Waals surface area contributed by atoms with E-state index < -0.39 is 23.5 Å². The summed E-state index contributed by atoms with van der Waals surface area (Å²) in [6.07, 6.45) is 0.885. The van der Waals surface area contributed by atoms with Crippen LogP contribution in [0.25, 0.3) is 0 Å². The number of rotatable bonds is 13. The summed E-state index contributed by atoms with van der Waals surface area (Å²) in [5, 5.41) is 21.8. The average Bonchev–Trinajstić information content (AvgIpc) is 3.74. The second-order valence-electron chi connectivity index (χ2n) is 9.94. The van der Waals surface area contributed by atoms with E-state index in [2.05, 4.69) is 24.0 Å². The van der Waals surface area contributed by atoms with Crippen molar-refractivity contribution in [2.75, 3.05) is 18.1 Å². The number of Topliss-reactive ketones (excluding diaryl/α,β-unsaturated/α-hetero) is 1. The van der Waals surface area contributed by atoms with Crippen molar-refractivity contribution in [1.29, 1.82) is 0 Å². The van der Waals surface area contributed by atoms with Crippen LogP contribution in [0.1, 0.15) is 54.0 Å². The number of nitrogens with zero attached hydrogens (tertiary/aromatic N) is 3. The smallest absolute Gasteiger partial charge is 0.296 e. The van der Waals surface area contributed by atoms with Crippen molar-refractivity contribution in [2.24, 2.45) is 5.92 Å². The highest BCUT2D eigenvalue weighted by Crippen LogP contribution is 2.45. The van der Waals surface area contributed by atoms with Crippen LogP contribution in [0.15, 0.2) is 81.7 Å². The van der Waals surface area contributed by atoms with Gasteiger partial charge in [0.15, 0.2) is 21.6 Å². The normalized spacial score (nSPS) is 15.1. The Labute approximate surface area is 257 Å². The highest BCUT2D eigenvalue weighted by molar-refractivity contribution is 8.00. The van der Waals surface area contributed by atoms with Crippen LogP contribution in [0, 0.1) is 5.92 Å². The number of aliphatic hydroxyl groups excluding tert-OH is 1. The Morgan fingerprint density at radius 3 is 2.60 bits per heavy atom. The molecule has 218 valence electrons. The van der Waals surface area contributed by atoms with Gasteiger partial charge in [0.2, 0.25) is 10.9 Å². The monoisotopic (exact) mass is 621 g/mol. The van der Waals surface area contributed by atoms with Gasteiger partial charge in [0.1, 0.15) is 0 Å². The molecule has 1 unspecified atom stereocenters. The fourth-order valence-corrected chi connectivity index (χ4v) is 6.96. The maximum atomic E-state index is 13.7. The molecule has 2 aromatic heterocycles. The van der Waals surface area contributed by atoms with Crippen molar-refractivity contribution >= 4 is 51.3 Å². The van der Waals surface area contributed by atoms with Crippen LogP contribution < -0.4 is 14.4 Å². The summed E-state index contributed by atoms with van der Waals surface area (Å²) in [6.45, 7) is 7.07. The lowest BCUT2D eigenvalue weighted by atomic mass is 9.95. The van der Waals surface area contributed by atoms with E-state index in [1.807, 2.05) is 37.3 Å². The fraction of sp³-hybridized carbons (Fsp3) is 0.290. The number of benzene rings is 2. The largest absolute Gasteiger partial charge is 0.503 e. The molecule has 0 saturated carbocycles. The molecule has 8 nitrogen and oxygen atoms in total. The number of anilines is 1. The third-order valence-corrected chi connectivity index (χ3v) is 9.54. The fourth-order valence-electron chi connectivity index (χ4n) is 4.45. The number of hydrogen-bond donors (Lipinski definition) is 1. The van der Waals surface area contributed by atoms with Gasteiger partial charge in [0, 0.05) is 5.75 Å². The van der Waals surface area contributed by atoms with E-state index in [1.54, 1.807) is 35.7 Å². The Balaban J connectivity index is 1.51. The number of thiophene rings is 1. The van der Waals surface area contributed by atoms with Gasteiger partial charge in [0.25, 0.3) is 5.91 Å². The molecule has 1 amide bonds. The van der Waals surface area contributed by atoms with Crippen molar-refractivity contribution in [3.8, 4) is 11.5 Å². The lowest BCUT2D eigenvalue weighted by molar-refractivity contribution is -0.117. The maximum absolute atomic E-state index is 13.7. The van der Waals surface area contributed by atoms with Crippen LogP contribution in [0.4, 0.5) is 5.13 Å². The number of hydrogen-bond acceptors (Lipinski definition) is 10. The highest BCUT2D eigenvalue weighted by atomic mass is 32.2. The minimum atomic E-state index is -0.934. The van der Waals surface area contributed by atoms with Crippen LogP contribution in [0.2, 0.25) is 0 Å². The molecule has 0 spiro atoms. The first kappa shape index (κ1) is 29.8. The zero-order valence-electron chi connectivity index (χ0n) is 23.5. The van der Waals surface area contributed by atoms with Crippen molar-refractivity contribution in [2.45, 2.75) is 43.3 Å². The molecule has 11 heteroatoms. The van der Waals surface area contributed by atoms with Crippen molar-refractivity contribution in [3.63, 3.8) is 0 Å². The first-order valence-electron chi connectivity index (χ1n) is 13.6. The number of thioether (sulfide) groups is 1. The van der Waals surface area contributed by atoms with Crippen molar-refractivity contribution in [3.05, 3.63) is 93.4 Å². The summed E-state index contributed by atoms with van der Waals surface area (Å²) < 4.78 is 12.6. The Bertz CT molecular complexity index is 1570. The van der Waals surface area contributed by atoms with Gasteiger partial charge in [-0.2, -0.15) is 0 Å². The van der Waals surface area contributed by atoms with E-state index in [4.69, 9.17) is 9.47 Å². The molecule has 0 aliphatic carbocycles. The first-order chi connectivity index (χ1) is 20.4. The van der Waals surface area contributed by atoms with E-state index in [0.29, 0.717) is 51.2 Å². The second kappa shape index (κ2) is 13.5. The summed E-state index contributed by atoms with van der Waals surface area (Å²) in [6, 6.07) is 17.8. The van der Waals surface area contributed by atoms with Gasteiger partial charge in [-0.1, -0.05) is 79.4 Å². The number of ketones is 1. The van der Waals surface area contributed by atoms with Crippen molar-refractivity contribution < 1.29 is 24.2 Å². The SMILES string of the molecule is CCOc1cc(C2C(C(=O)c3cccs3)=C(O)C(=O)N2c2nnc(SCc3ccccc3)s2)ccc1OCCC(C)C. The van der Waals surface area contributed by atoms with Crippen molar-refractivity contribution in [1.82, 2.24) is 10.2 Å². The van der Waals surface area contributed by atoms with Gasteiger partial charge in [0.05, 0.1) is 29.7 Å². The Kier molecular flexibility index (Phi) is 9.61. The third kappa shape index (κ3) is 6.53. The van der Waals surface area contributed by atoms with Gasteiger partial charge >= 0.3 is 0 Å². The molecule has 1 atom stereocenters. The van der Waals surface area contributed by atoms with E-state index in [0.717, 1.165) is 12.0 Å². The van der Waals surface area contributed by atoms with E-state index in [9.17, 15) is 14.7 Å². The molecule has 1 aliphatic rings. The number of carbonyl (C=O) groups excluding carboxylic acids is 2. The Morgan fingerprint density at radius 1 is 1.07 bits per heavy atom.